The normalized spacial score (nSPS) is 12.9. The number of nitrogens with zero attached hydrogens (tertiary/aromatic N) is 1. The molecular weight excluding hydrogens is 334 g/mol. The summed E-state index contributed by atoms with van der Waals surface area (Å²) in [5.41, 5.74) is 5.37. The van der Waals surface area contributed by atoms with Crippen molar-refractivity contribution in [3.63, 3.8) is 0 Å². The molecule has 0 aliphatic heterocycles. The van der Waals surface area contributed by atoms with Crippen molar-refractivity contribution in [2.75, 3.05) is 13.2 Å². The molecule has 0 heterocycles. The molecule has 3 nitrogen and oxygen atoms in total. The van der Waals surface area contributed by atoms with Crippen LogP contribution in [0.2, 0.25) is 0 Å². The lowest BCUT2D eigenvalue weighted by Crippen LogP contribution is -2.04. The zero-order valence-corrected chi connectivity index (χ0v) is 15.6. The van der Waals surface area contributed by atoms with Gasteiger partial charge in [-0.2, -0.15) is 5.26 Å². The maximum atomic E-state index is 9.70. The summed E-state index contributed by atoms with van der Waals surface area (Å²) in [6.07, 6.45) is 6.45. The van der Waals surface area contributed by atoms with Gasteiger partial charge in [0.1, 0.15) is 11.8 Å². The standard InChI is InChI=1S/C24H25NO2/c1-2-26-16-6-3-7-17-27-21-13-10-20(11-14-21)23-15-12-19-8-4-5-9-22(19)24(23)18-25/h2,4-5,8-11,13-14H,1,3,6-7,12,15-17H2. The number of hydrogen-bond donors (Lipinski definition) is 0. The lowest BCUT2D eigenvalue weighted by molar-refractivity contribution is 0.235. The quantitative estimate of drug-likeness (QED) is 0.421. The maximum absolute atomic E-state index is 9.70. The number of rotatable bonds is 9. The highest BCUT2D eigenvalue weighted by Gasteiger charge is 2.19. The van der Waals surface area contributed by atoms with E-state index in [1.54, 1.807) is 0 Å². The summed E-state index contributed by atoms with van der Waals surface area (Å²) in [6.45, 7) is 4.95. The Labute approximate surface area is 161 Å². The van der Waals surface area contributed by atoms with Crippen LogP contribution in [0.3, 0.4) is 0 Å². The maximum Gasteiger partial charge on any atom is 0.119 e. The zero-order valence-electron chi connectivity index (χ0n) is 15.6. The molecule has 0 saturated heterocycles. The Bertz CT molecular complexity index is 843. The van der Waals surface area contributed by atoms with Crippen molar-refractivity contribution < 1.29 is 9.47 Å². The largest absolute Gasteiger partial charge is 0.502 e. The smallest absolute Gasteiger partial charge is 0.119 e. The van der Waals surface area contributed by atoms with Crippen molar-refractivity contribution in [2.24, 2.45) is 0 Å². The van der Waals surface area contributed by atoms with E-state index in [1.165, 1.54) is 11.8 Å². The zero-order chi connectivity index (χ0) is 18.9. The van der Waals surface area contributed by atoms with Crippen LogP contribution in [0.15, 0.2) is 61.4 Å². The van der Waals surface area contributed by atoms with Crippen LogP contribution in [-0.4, -0.2) is 13.2 Å². The Balaban J connectivity index is 1.61. The average Bonchev–Trinajstić information content (AvgIpc) is 2.72. The number of fused-ring (bicyclic) bond motifs is 1. The average molecular weight is 359 g/mol. The van der Waals surface area contributed by atoms with Crippen LogP contribution >= 0.6 is 0 Å². The molecular formula is C24H25NO2. The summed E-state index contributed by atoms with van der Waals surface area (Å²) < 4.78 is 10.9. The third-order valence-electron chi connectivity index (χ3n) is 4.84. The van der Waals surface area contributed by atoms with Crippen LogP contribution in [0.4, 0.5) is 0 Å². The molecule has 0 bridgehead atoms. The second-order valence-electron chi connectivity index (χ2n) is 6.59. The highest BCUT2D eigenvalue weighted by molar-refractivity contribution is 5.99. The van der Waals surface area contributed by atoms with Gasteiger partial charge in [0.15, 0.2) is 0 Å². The molecule has 3 rings (SSSR count). The van der Waals surface area contributed by atoms with E-state index in [0.717, 1.165) is 66.7 Å². The summed E-state index contributed by atoms with van der Waals surface area (Å²) in [5.74, 6) is 0.872. The predicted molar refractivity (Wildman–Crippen MR) is 109 cm³/mol. The molecule has 0 aromatic heterocycles. The van der Waals surface area contributed by atoms with Crippen molar-refractivity contribution >= 4 is 11.1 Å². The first-order valence-corrected chi connectivity index (χ1v) is 9.50. The molecule has 138 valence electrons. The Morgan fingerprint density at radius 2 is 1.74 bits per heavy atom. The number of aryl methyl sites for hydroxylation is 1. The van der Waals surface area contributed by atoms with Crippen LogP contribution in [0, 0.1) is 11.3 Å². The molecule has 0 atom stereocenters. The minimum Gasteiger partial charge on any atom is -0.502 e. The fraction of sp³-hybridized carbons (Fsp3) is 0.292. The van der Waals surface area contributed by atoms with Crippen LogP contribution in [0.25, 0.3) is 11.1 Å². The Morgan fingerprint density at radius 3 is 2.52 bits per heavy atom. The molecule has 2 aromatic carbocycles. The van der Waals surface area contributed by atoms with Gasteiger partial charge in [-0.15, -0.1) is 0 Å². The number of hydrogen-bond acceptors (Lipinski definition) is 3. The van der Waals surface area contributed by atoms with Gasteiger partial charge in [0.25, 0.3) is 0 Å². The van der Waals surface area contributed by atoms with E-state index in [0.29, 0.717) is 6.61 Å². The van der Waals surface area contributed by atoms with Gasteiger partial charge in [-0.05, 0) is 66.5 Å². The van der Waals surface area contributed by atoms with Gasteiger partial charge in [-0.25, -0.2) is 0 Å². The topological polar surface area (TPSA) is 42.2 Å². The van der Waals surface area contributed by atoms with Crippen LogP contribution in [-0.2, 0) is 11.2 Å². The second-order valence-corrected chi connectivity index (χ2v) is 6.59. The summed E-state index contributed by atoms with van der Waals surface area (Å²) >= 11 is 0. The monoisotopic (exact) mass is 359 g/mol. The summed E-state index contributed by atoms with van der Waals surface area (Å²) in [4.78, 5) is 0. The highest BCUT2D eigenvalue weighted by atomic mass is 16.5. The molecule has 0 fully saturated rings. The van der Waals surface area contributed by atoms with Gasteiger partial charge in [-0.1, -0.05) is 43.0 Å². The van der Waals surface area contributed by atoms with Crippen LogP contribution in [0.5, 0.6) is 5.75 Å². The summed E-state index contributed by atoms with van der Waals surface area (Å²) in [5, 5.41) is 9.70. The lowest BCUT2D eigenvalue weighted by Gasteiger charge is -2.20. The molecule has 0 spiro atoms. The second kappa shape index (κ2) is 9.64. The van der Waals surface area contributed by atoms with Gasteiger partial charge in [-0.3, -0.25) is 0 Å². The van der Waals surface area contributed by atoms with Crippen LogP contribution < -0.4 is 4.74 Å². The molecule has 0 amide bonds. The molecule has 27 heavy (non-hydrogen) atoms. The molecule has 0 saturated carbocycles. The van der Waals surface area contributed by atoms with Crippen LogP contribution in [0.1, 0.15) is 42.4 Å². The van der Waals surface area contributed by atoms with E-state index < -0.39 is 0 Å². The van der Waals surface area contributed by atoms with Crippen molar-refractivity contribution in [1.82, 2.24) is 0 Å². The van der Waals surface area contributed by atoms with E-state index >= 15 is 0 Å². The molecule has 1 aliphatic carbocycles. The number of unbranched alkanes of at least 4 members (excludes halogenated alkanes) is 2. The Kier molecular flexibility index (Phi) is 6.71. The third-order valence-corrected chi connectivity index (χ3v) is 4.84. The van der Waals surface area contributed by atoms with Gasteiger partial charge in [0, 0.05) is 0 Å². The molecule has 3 heteroatoms. The first-order chi connectivity index (χ1) is 13.3. The SMILES string of the molecule is C=COCCCCCOc1ccc(C2=C(C#N)c3ccccc3CC2)cc1. The third kappa shape index (κ3) is 4.80. The summed E-state index contributed by atoms with van der Waals surface area (Å²) in [6, 6.07) is 18.7. The van der Waals surface area contributed by atoms with E-state index in [-0.39, 0.29) is 0 Å². The van der Waals surface area contributed by atoms with Crippen molar-refractivity contribution in [3.05, 3.63) is 78.1 Å². The van der Waals surface area contributed by atoms with Crippen molar-refractivity contribution in [2.45, 2.75) is 32.1 Å². The predicted octanol–water partition coefficient (Wildman–Crippen LogP) is 5.78. The first kappa shape index (κ1) is 18.8. The number of allylic oxidation sites excluding steroid dienone is 2. The van der Waals surface area contributed by atoms with Gasteiger partial charge in [0.05, 0.1) is 25.0 Å². The molecule has 0 N–H and O–H groups in total. The van der Waals surface area contributed by atoms with E-state index in [2.05, 4.69) is 30.8 Å². The molecule has 0 radical (unpaired) electrons. The fourth-order valence-corrected chi connectivity index (χ4v) is 3.44. The molecule has 2 aromatic rings. The van der Waals surface area contributed by atoms with E-state index in [1.807, 2.05) is 30.3 Å². The molecule has 1 aliphatic rings. The molecule has 0 unspecified atom stereocenters. The Hall–Kier alpha value is -2.99. The van der Waals surface area contributed by atoms with Gasteiger partial charge >= 0.3 is 0 Å². The number of nitriles is 1. The van der Waals surface area contributed by atoms with Gasteiger partial charge < -0.3 is 9.47 Å². The lowest BCUT2D eigenvalue weighted by atomic mass is 9.83. The van der Waals surface area contributed by atoms with E-state index in [9.17, 15) is 5.26 Å². The number of ether oxygens (including phenoxy) is 2. The Morgan fingerprint density at radius 1 is 0.963 bits per heavy atom. The van der Waals surface area contributed by atoms with Crippen molar-refractivity contribution in [1.29, 1.82) is 5.26 Å². The first-order valence-electron chi connectivity index (χ1n) is 9.50. The van der Waals surface area contributed by atoms with Gasteiger partial charge in [0.2, 0.25) is 0 Å². The van der Waals surface area contributed by atoms with Crippen molar-refractivity contribution in [3.8, 4) is 11.8 Å². The number of benzene rings is 2. The van der Waals surface area contributed by atoms with E-state index in [4.69, 9.17) is 9.47 Å². The minimum absolute atomic E-state index is 0.701. The minimum atomic E-state index is 0.701. The highest BCUT2D eigenvalue weighted by Crippen LogP contribution is 2.36. The fourth-order valence-electron chi connectivity index (χ4n) is 3.44. The summed E-state index contributed by atoms with van der Waals surface area (Å²) in [7, 11) is 0.